The van der Waals surface area contributed by atoms with Crippen LogP contribution in [0.3, 0.4) is 0 Å². The molecule has 0 aliphatic heterocycles. The van der Waals surface area contributed by atoms with Crippen LogP contribution in [0.2, 0.25) is 0 Å². The van der Waals surface area contributed by atoms with Crippen molar-refractivity contribution in [2.24, 2.45) is 5.92 Å². The first kappa shape index (κ1) is 14.9. The van der Waals surface area contributed by atoms with Crippen molar-refractivity contribution in [1.82, 2.24) is 5.32 Å². The minimum atomic E-state index is 0.202. The van der Waals surface area contributed by atoms with E-state index in [2.05, 4.69) is 34.5 Å². The molecule has 0 spiro atoms. The zero-order chi connectivity index (χ0) is 14.4. The molecule has 110 valence electrons. The lowest BCUT2D eigenvalue weighted by atomic mass is 9.87. The van der Waals surface area contributed by atoms with Gasteiger partial charge < -0.3 is 10.2 Å². The van der Waals surface area contributed by atoms with Crippen molar-refractivity contribution in [3.05, 3.63) is 29.8 Å². The van der Waals surface area contributed by atoms with Gasteiger partial charge in [0.2, 0.25) is 5.91 Å². The highest BCUT2D eigenvalue weighted by Crippen LogP contribution is 2.26. The lowest BCUT2D eigenvalue weighted by molar-refractivity contribution is -0.122. The van der Waals surface area contributed by atoms with Crippen LogP contribution in [-0.2, 0) is 11.3 Å². The van der Waals surface area contributed by atoms with Crippen LogP contribution >= 0.6 is 0 Å². The van der Waals surface area contributed by atoms with Crippen LogP contribution in [0.25, 0.3) is 0 Å². The summed E-state index contributed by atoms with van der Waals surface area (Å²) in [5.74, 6) is 0.813. The zero-order valence-corrected chi connectivity index (χ0v) is 12.7. The fraction of sp³-hybridized carbons (Fsp3) is 0.588. The molecule has 3 heteroatoms. The summed E-state index contributed by atoms with van der Waals surface area (Å²) < 4.78 is 0. The van der Waals surface area contributed by atoms with Crippen LogP contribution in [0, 0.1) is 5.92 Å². The third kappa shape index (κ3) is 4.55. The number of nitrogens with zero attached hydrogens (tertiary/aromatic N) is 1. The van der Waals surface area contributed by atoms with E-state index in [1.54, 1.807) is 0 Å². The van der Waals surface area contributed by atoms with Crippen molar-refractivity contribution in [2.75, 3.05) is 19.0 Å². The summed E-state index contributed by atoms with van der Waals surface area (Å²) in [5.41, 5.74) is 2.34. The monoisotopic (exact) mass is 274 g/mol. The van der Waals surface area contributed by atoms with Crippen LogP contribution < -0.4 is 10.2 Å². The first-order valence-corrected chi connectivity index (χ1v) is 7.68. The van der Waals surface area contributed by atoms with Gasteiger partial charge >= 0.3 is 0 Å². The molecule has 1 aromatic rings. The van der Waals surface area contributed by atoms with E-state index in [9.17, 15) is 4.79 Å². The first-order chi connectivity index (χ1) is 9.65. The molecule has 20 heavy (non-hydrogen) atoms. The molecule has 2 rings (SSSR count). The number of carbonyl (C=O) groups excluding carboxylic acids is 1. The Kier molecular flexibility index (Phi) is 5.45. The predicted octanol–water partition coefficient (Wildman–Crippen LogP) is 3.34. The predicted molar refractivity (Wildman–Crippen MR) is 83.8 cm³/mol. The molecule has 0 unspecified atom stereocenters. The van der Waals surface area contributed by atoms with E-state index < -0.39 is 0 Å². The molecule has 1 saturated carbocycles. The quantitative estimate of drug-likeness (QED) is 0.893. The van der Waals surface area contributed by atoms with E-state index in [0.29, 0.717) is 18.9 Å². The average molecular weight is 274 g/mol. The fourth-order valence-electron chi connectivity index (χ4n) is 2.84. The van der Waals surface area contributed by atoms with E-state index in [1.165, 1.54) is 37.8 Å². The lowest BCUT2D eigenvalue weighted by Crippen LogP contribution is -2.25. The van der Waals surface area contributed by atoms with Crippen LogP contribution in [-0.4, -0.2) is 20.0 Å². The maximum Gasteiger partial charge on any atom is 0.220 e. The van der Waals surface area contributed by atoms with Gasteiger partial charge in [-0.3, -0.25) is 4.79 Å². The topological polar surface area (TPSA) is 32.3 Å². The Morgan fingerprint density at radius 1 is 1.15 bits per heavy atom. The molecular formula is C17H26N2O. The summed E-state index contributed by atoms with van der Waals surface area (Å²) in [7, 11) is 4.06. The highest BCUT2D eigenvalue weighted by atomic mass is 16.1. The highest BCUT2D eigenvalue weighted by Gasteiger charge is 2.16. The van der Waals surface area contributed by atoms with Crippen molar-refractivity contribution in [3.63, 3.8) is 0 Å². The number of anilines is 1. The number of benzene rings is 1. The average Bonchev–Trinajstić information content (AvgIpc) is 2.46. The van der Waals surface area contributed by atoms with Gasteiger partial charge in [-0.2, -0.15) is 0 Å². The number of amides is 1. The van der Waals surface area contributed by atoms with Gasteiger partial charge in [0.15, 0.2) is 0 Å². The molecule has 0 aromatic heterocycles. The van der Waals surface area contributed by atoms with Gasteiger partial charge in [-0.25, -0.2) is 0 Å². The van der Waals surface area contributed by atoms with E-state index >= 15 is 0 Å². The number of rotatable bonds is 5. The molecule has 0 heterocycles. The zero-order valence-electron chi connectivity index (χ0n) is 12.7. The largest absolute Gasteiger partial charge is 0.378 e. The van der Waals surface area contributed by atoms with E-state index in [-0.39, 0.29) is 5.91 Å². The molecule has 0 bridgehead atoms. The normalized spacial score (nSPS) is 15.9. The number of carbonyl (C=O) groups is 1. The van der Waals surface area contributed by atoms with E-state index in [1.807, 2.05) is 14.1 Å². The molecule has 0 atom stereocenters. The molecule has 1 aliphatic carbocycles. The molecule has 1 aromatic carbocycles. The minimum Gasteiger partial charge on any atom is -0.378 e. The van der Waals surface area contributed by atoms with Crippen LogP contribution in [0.4, 0.5) is 5.69 Å². The molecule has 1 amide bonds. The van der Waals surface area contributed by atoms with Crippen molar-refractivity contribution in [3.8, 4) is 0 Å². The minimum absolute atomic E-state index is 0.202. The highest BCUT2D eigenvalue weighted by molar-refractivity contribution is 5.76. The standard InChI is InChI=1S/C17H26N2O/c1-19(2)16-10-8-15(9-11-16)13-18-17(20)12-14-6-4-3-5-7-14/h8-11,14H,3-7,12-13H2,1-2H3,(H,18,20). The van der Waals surface area contributed by atoms with Crippen LogP contribution in [0.1, 0.15) is 44.1 Å². The second-order valence-corrected chi connectivity index (χ2v) is 6.05. The molecular weight excluding hydrogens is 248 g/mol. The molecule has 3 nitrogen and oxygen atoms in total. The SMILES string of the molecule is CN(C)c1ccc(CNC(=O)CC2CCCCC2)cc1. The van der Waals surface area contributed by atoms with Crippen molar-refractivity contribution in [2.45, 2.75) is 45.1 Å². The van der Waals surface area contributed by atoms with Crippen LogP contribution in [0.15, 0.2) is 24.3 Å². The summed E-state index contributed by atoms with van der Waals surface area (Å²) in [6.45, 7) is 0.638. The third-order valence-electron chi connectivity index (χ3n) is 4.14. The first-order valence-electron chi connectivity index (χ1n) is 7.68. The Labute approximate surface area is 122 Å². The Balaban J connectivity index is 1.74. The lowest BCUT2D eigenvalue weighted by Gasteiger charge is -2.20. The van der Waals surface area contributed by atoms with Crippen molar-refractivity contribution in [1.29, 1.82) is 0 Å². The molecule has 1 N–H and O–H groups in total. The maximum absolute atomic E-state index is 11.9. The summed E-state index contributed by atoms with van der Waals surface area (Å²) in [5, 5.41) is 3.04. The molecule has 1 aliphatic rings. The summed E-state index contributed by atoms with van der Waals surface area (Å²) >= 11 is 0. The smallest absolute Gasteiger partial charge is 0.220 e. The maximum atomic E-state index is 11.9. The number of hydrogen-bond acceptors (Lipinski definition) is 2. The molecule has 0 saturated heterocycles. The third-order valence-corrected chi connectivity index (χ3v) is 4.14. The van der Waals surface area contributed by atoms with Gasteiger partial charge in [0.25, 0.3) is 0 Å². The second kappa shape index (κ2) is 7.32. The Hall–Kier alpha value is -1.51. The Morgan fingerprint density at radius 3 is 2.40 bits per heavy atom. The molecule has 0 radical (unpaired) electrons. The summed E-state index contributed by atoms with van der Waals surface area (Å²) in [6.07, 6.45) is 7.09. The van der Waals surface area contributed by atoms with Gasteiger partial charge in [-0.05, 0) is 36.5 Å². The Morgan fingerprint density at radius 2 is 1.80 bits per heavy atom. The summed E-state index contributed by atoms with van der Waals surface area (Å²) in [6, 6.07) is 8.33. The van der Waals surface area contributed by atoms with Gasteiger partial charge in [0, 0.05) is 32.7 Å². The second-order valence-electron chi connectivity index (χ2n) is 6.05. The fourth-order valence-corrected chi connectivity index (χ4v) is 2.84. The van der Waals surface area contributed by atoms with Crippen molar-refractivity contribution < 1.29 is 4.79 Å². The Bertz CT molecular complexity index is 419. The van der Waals surface area contributed by atoms with Gasteiger partial charge in [-0.15, -0.1) is 0 Å². The van der Waals surface area contributed by atoms with Crippen molar-refractivity contribution >= 4 is 11.6 Å². The van der Waals surface area contributed by atoms with Gasteiger partial charge in [-0.1, -0.05) is 31.4 Å². The van der Waals surface area contributed by atoms with Crippen LogP contribution in [0.5, 0.6) is 0 Å². The van der Waals surface area contributed by atoms with Gasteiger partial charge in [0.05, 0.1) is 0 Å². The molecule has 1 fully saturated rings. The number of hydrogen-bond donors (Lipinski definition) is 1. The van der Waals surface area contributed by atoms with Gasteiger partial charge in [0.1, 0.15) is 0 Å². The number of nitrogens with one attached hydrogen (secondary N) is 1. The summed E-state index contributed by atoms with van der Waals surface area (Å²) in [4.78, 5) is 14.0. The van der Waals surface area contributed by atoms with E-state index in [0.717, 1.165) is 5.56 Å². The van der Waals surface area contributed by atoms with E-state index in [4.69, 9.17) is 0 Å².